The maximum Gasteiger partial charge on any atom is 0.0363 e. The Bertz CT molecular complexity index is 635. The smallest absolute Gasteiger partial charge is 0.0363 e. The Labute approximate surface area is 266 Å². The van der Waals surface area contributed by atoms with E-state index in [9.17, 15) is 0 Å². The van der Waals surface area contributed by atoms with Crippen molar-refractivity contribution in [2.45, 2.75) is 213 Å². The van der Waals surface area contributed by atoms with Crippen LogP contribution in [0, 0.1) is 0 Å². The average molecular weight is 584 g/mol. The van der Waals surface area contributed by atoms with Crippen molar-refractivity contribution < 1.29 is 0 Å². The minimum Gasteiger partial charge on any atom is -0.375 e. The highest BCUT2D eigenvalue weighted by Crippen LogP contribution is 2.18. The van der Waals surface area contributed by atoms with E-state index < -0.39 is 0 Å². The lowest BCUT2D eigenvalue weighted by Crippen LogP contribution is -2.18. The first-order valence-corrected chi connectivity index (χ1v) is 19.6. The van der Waals surface area contributed by atoms with Gasteiger partial charge in [-0.25, -0.2) is 0 Å². The summed E-state index contributed by atoms with van der Waals surface area (Å²) >= 11 is 0. The monoisotopic (exact) mass is 584 g/mol. The fourth-order valence-corrected chi connectivity index (χ4v) is 6.47. The molecule has 0 unspecified atom stereocenters. The van der Waals surface area contributed by atoms with Gasteiger partial charge < -0.3 is 4.90 Å². The highest BCUT2D eigenvalue weighted by molar-refractivity contribution is 5.46. The van der Waals surface area contributed by atoms with Gasteiger partial charge in [0.1, 0.15) is 0 Å². The van der Waals surface area contributed by atoms with E-state index in [1.54, 1.807) is 0 Å². The van der Waals surface area contributed by atoms with E-state index in [1.807, 2.05) is 0 Å². The van der Waals surface area contributed by atoms with Crippen molar-refractivity contribution in [2.75, 3.05) is 18.5 Å². The molecule has 246 valence electrons. The summed E-state index contributed by atoms with van der Waals surface area (Å²) in [6, 6.07) is 9.46. The third-order valence-electron chi connectivity index (χ3n) is 9.54. The van der Waals surface area contributed by atoms with Crippen LogP contribution in [0.5, 0.6) is 0 Å². The lowest BCUT2D eigenvalue weighted by Gasteiger charge is -2.19. The maximum atomic E-state index is 2.46. The predicted molar refractivity (Wildman–Crippen MR) is 193 cm³/mol. The molecule has 0 saturated heterocycles. The first kappa shape index (κ1) is 39.0. The molecule has 0 aliphatic carbocycles. The summed E-state index contributed by atoms with van der Waals surface area (Å²) in [5.41, 5.74) is 2.91. The molecule has 1 rings (SSSR count). The van der Waals surface area contributed by atoms with Crippen molar-refractivity contribution in [3.8, 4) is 0 Å². The first-order valence-electron chi connectivity index (χ1n) is 19.6. The Morgan fingerprint density at radius 2 is 0.643 bits per heavy atom. The first-order chi connectivity index (χ1) is 20.8. The highest BCUT2D eigenvalue weighted by atomic mass is 15.1. The molecule has 0 N–H and O–H groups in total. The van der Waals surface area contributed by atoms with Crippen molar-refractivity contribution >= 4 is 5.69 Å². The summed E-state index contributed by atoms with van der Waals surface area (Å²) < 4.78 is 0. The van der Waals surface area contributed by atoms with Gasteiger partial charge in [0.25, 0.3) is 0 Å². The molecule has 1 aromatic carbocycles. The van der Waals surface area contributed by atoms with E-state index >= 15 is 0 Å². The molecule has 0 aromatic heterocycles. The van der Waals surface area contributed by atoms with Crippen molar-refractivity contribution in [3.05, 3.63) is 29.8 Å². The fourth-order valence-electron chi connectivity index (χ4n) is 6.47. The predicted octanol–water partition coefficient (Wildman–Crippen LogP) is 14.4. The van der Waals surface area contributed by atoms with Gasteiger partial charge >= 0.3 is 0 Å². The molecule has 42 heavy (non-hydrogen) atoms. The molecule has 1 nitrogen and oxygen atoms in total. The summed E-state index contributed by atoms with van der Waals surface area (Å²) in [6.07, 6.45) is 44.4. The molecular weight excluding hydrogens is 506 g/mol. The minimum atomic E-state index is 1.19. The van der Waals surface area contributed by atoms with E-state index in [1.165, 1.54) is 217 Å². The zero-order valence-corrected chi connectivity index (χ0v) is 29.4. The zero-order valence-electron chi connectivity index (χ0n) is 29.4. The summed E-state index contributed by atoms with van der Waals surface area (Å²) in [6.45, 7) is 5.80. The van der Waals surface area contributed by atoms with Crippen LogP contribution in [0.4, 0.5) is 5.69 Å². The zero-order chi connectivity index (χ0) is 30.2. The standard InChI is InChI=1S/C41H77N/c1-4-6-8-10-12-14-16-18-20-21-23-25-27-29-31-33-39-42(3)41-37-35-40(36-38-41)34-32-30-28-26-24-22-19-17-15-13-11-9-7-5-2/h35-38H,4-34,39H2,1-3H3. The number of benzene rings is 1. The Kier molecular flexibility index (Phi) is 29.2. The van der Waals surface area contributed by atoms with Gasteiger partial charge in [0.05, 0.1) is 0 Å². The minimum absolute atomic E-state index is 1.19. The van der Waals surface area contributed by atoms with Gasteiger partial charge in [0.2, 0.25) is 0 Å². The van der Waals surface area contributed by atoms with Gasteiger partial charge in [0.15, 0.2) is 0 Å². The Morgan fingerprint density at radius 1 is 0.357 bits per heavy atom. The van der Waals surface area contributed by atoms with Crippen LogP contribution in [0.1, 0.15) is 212 Å². The number of anilines is 1. The van der Waals surface area contributed by atoms with Crippen LogP contribution < -0.4 is 4.90 Å². The molecule has 0 amide bonds. The summed E-state index contributed by atoms with van der Waals surface area (Å²) in [5, 5.41) is 0. The van der Waals surface area contributed by atoms with Crippen LogP contribution in [0.2, 0.25) is 0 Å². The van der Waals surface area contributed by atoms with E-state index in [2.05, 4.69) is 50.1 Å². The van der Waals surface area contributed by atoms with Gasteiger partial charge in [-0.05, 0) is 37.0 Å². The number of aryl methyl sites for hydroxylation is 1. The second kappa shape index (κ2) is 31.4. The van der Waals surface area contributed by atoms with Crippen LogP contribution in [-0.2, 0) is 6.42 Å². The third kappa shape index (κ3) is 25.5. The van der Waals surface area contributed by atoms with Crippen LogP contribution in [-0.4, -0.2) is 13.6 Å². The lowest BCUT2D eigenvalue weighted by molar-refractivity contribution is 0.529. The second-order valence-electron chi connectivity index (χ2n) is 13.7. The molecule has 1 heteroatoms. The maximum absolute atomic E-state index is 2.46. The van der Waals surface area contributed by atoms with Crippen LogP contribution in [0.3, 0.4) is 0 Å². The normalized spacial score (nSPS) is 11.4. The molecule has 0 radical (unpaired) electrons. The number of rotatable bonds is 33. The number of nitrogens with zero attached hydrogens (tertiary/aromatic N) is 1. The SMILES string of the molecule is CCCCCCCCCCCCCCCCCCN(C)c1ccc(CCCCCCCCCCCCCCCC)cc1. The molecule has 0 atom stereocenters. The highest BCUT2D eigenvalue weighted by Gasteiger charge is 2.02. The Morgan fingerprint density at radius 3 is 0.976 bits per heavy atom. The van der Waals surface area contributed by atoms with Crippen LogP contribution in [0.15, 0.2) is 24.3 Å². The van der Waals surface area contributed by atoms with Crippen LogP contribution in [0.25, 0.3) is 0 Å². The number of hydrogen-bond acceptors (Lipinski definition) is 1. The molecular formula is C41H77N. The van der Waals surface area contributed by atoms with E-state index in [0.29, 0.717) is 0 Å². The molecule has 1 aromatic rings. The lowest BCUT2D eigenvalue weighted by atomic mass is 10.0. The molecule has 0 aliphatic heterocycles. The summed E-state index contributed by atoms with van der Waals surface area (Å²) in [5.74, 6) is 0. The van der Waals surface area contributed by atoms with Gasteiger partial charge in [0, 0.05) is 19.3 Å². The summed E-state index contributed by atoms with van der Waals surface area (Å²) in [7, 11) is 2.27. The van der Waals surface area contributed by atoms with Crippen molar-refractivity contribution in [1.29, 1.82) is 0 Å². The van der Waals surface area contributed by atoms with Crippen molar-refractivity contribution in [1.82, 2.24) is 0 Å². The van der Waals surface area contributed by atoms with Crippen LogP contribution >= 0.6 is 0 Å². The molecule has 0 saturated carbocycles. The Balaban J connectivity index is 1.88. The molecule has 0 heterocycles. The quantitative estimate of drug-likeness (QED) is 0.0744. The topological polar surface area (TPSA) is 3.24 Å². The third-order valence-corrected chi connectivity index (χ3v) is 9.54. The second-order valence-corrected chi connectivity index (χ2v) is 13.7. The largest absolute Gasteiger partial charge is 0.375 e. The van der Waals surface area contributed by atoms with Gasteiger partial charge in [-0.3, -0.25) is 0 Å². The molecule has 0 aliphatic rings. The van der Waals surface area contributed by atoms with E-state index in [0.717, 1.165) is 0 Å². The van der Waals surface area contributed by atoms with E-state index in [4.69, 9.17) is 0 Å². The summed E-state index contributed by atoms with van der Waals surface area (Å²) in [4.78, 5) is 2.46. The van der Waals surface area contributed by atoms with E-state index in [-0.39, 0.29) is 0 Å². The van der Waals surface area contributed by atoms with Gasteiger partial charge in [-0.1, -0.05) is 206 Å². The molecule has 0 bridgehead atoms. The number of hydrogen-bond donors (Lipinski definition) is 0. The fraction of sp³-hybridized carbons (Fsp3) is 0.854. The number of unbranched alkanes of at least 4 members (excludes halogenated alkanes) is 28. The van der Waals surface area contributed by atoms with Gasteiger partial charge in [-0.2, -0.15) is 0 Å². The molecule has 0 spiro atoms. The van der Waals surface area contributed by atoms with Gasteiger partial charge in [-0.15, -0.1) is 0 Å². The molecule has 0 fully saturated rings. The average Bonchev–Trinajstić information content (AvgIpc) is 3.01. The van der Waals surface area contributed by atoms with Crippen molar-refractivity contribution in [3.63, 3.8) is 0 Å². The van der Waals surface area contributed by atoms with Crippen molar-refractivity contribution in [2.24, 2.45) is 0 Å². The Hall–Kier alpha value is -0.980.